The Bertz CT molecular complexity index is 708. The van der Waals surface area contributed by atoms with Gasteiger partial charge in [-0.1, -0.05) is 33.2 Å². The van der Waals surface area contributed by atoms with E-state index in [1.807, 2.05) is 24.3 Å². The number of rotatable bonds is 3. The van der Waals surface area contributed by atoms with Crippen LogP contribution < -0.4 is 5.73 Å². The van der Waals surface area contributed by atoms with E-state index in [0.29, 0.717) is 12.2 Å². The Morgan fingerprint density at radius 2 is 2.11 bits per heavy atom. The van der Waals surface area contributed by atoms with Crippen molar-refractivity contribution in [3.05, 3.63) is 40.1 Å². The van der Waals surface area contributed by atoms with Crippen molar-refractivity contribution in [1.82, 2.24) is 20.5 Å². The van der Waals surface area contributed by atoms with E-state index in [9.17, 15) is 0 Å². The average Bonchev–Trinajstić information content (AvgIpc) is 2.98. The molecule has 8 heteroatoms. The predicted octanol–water partition coefficient (Wildman–Crippen LogP) is 2.06. The van der Waals surface area contributed by atoms with Crippen molar-refractivity contribution in [2.24, 2.45) is 0 Å². The van der Waals surface area contributed by atoms with E-state index in [-0.39, 0.29) is 17.4 Å². The Morgan fingerprint density at radius 1 is 1.21 bits per heavy atom. The largest absolute Gasteiger partial charge is 0.379 e. The zero-order valence-electron chi connectivity index (χ0n) is 9.58. The summed E-state index contributed by atoms with van der Waals surface area (Å²) in [7, 11) is 0. The first-order valence-electron chi connectivity index (χ1n) is 5.38. The number of nitrogens with two attached hydrogens (primary N) is 1. The van der Waals surface area contributed by atoms with Crippen LogP contribution in [-0.2, 0) is 6.42 Å². The maximum Gasteiger partial charge on any atom is 0.284 e. The van der Waals surface area contributed by atoms with Gasteiger partial charge in [0.25, 0.3) is 5.89 Å². The molecule has 0 amide bonds. The molecule has 2 aromatic heterocycles. The summed E-state index contributed by atoms with van der Waals surface area (Å²) in [5.41, 5.74) is 6.87. The first-order chi connectivity index (χ1) is 9.22. The molecule has 3 rings (SSSR count). The minimum Gasteiger partial charge on any atom is -0.379 e. The molecule has 0 aliphatic rings. The van der Waals surface area contributed by atoms with Gasteiger partial charge >= 0.3 is 0 Å². The molecule has 0 saturated carbocycles. The molecule has 2 N–H and O–H groups in total. The van der Waals surface area contributed by atoms with Crippen molar-refractivity contribution in [2.45, 2.75) is 6.42 Å². The fourth-order valence-electron chi connectivity index (χ4n) is 1.60. The second-order valence-corrected chi connectivity index (χ2v) is 4.74. The van der Waals surface area contributed by atoms with Gasteiger partial charge in [0.15, 0.2) is 5.82 Å². The first-order valence-corrected chi connectivity index (χ1v) is 6.17. The topological polar surface area (TPSA) is 104 Å². The highest BCUT2D eigenvalue weighted by Gasteiger charge is 2.17. The molecule has 0 aliphatic carbocycles. The third-order valence-corrected chi connectivity index (χ3v) is 2.93. The number of hydrogen-bond donors (Lipinski definition) is 1. The summed E-state index contributed by atoms with van der Waals surface area (Å²) in [4.78, 5) is 4.20. The third kappa shape index (κ3) is 2.48. The standard InChI is InChI=1S/C11H8BrN5O2/c12-7-3-1-2-6(4-7)5-8-14-11(18-15-8)9-10(13)17-19-16-9/h1-4H,5H2,(H2,13,17). The summed E-state index contributed by atoms with van der Waals surface area (Å²) in [5.74, 6) is 0.858. The predicted molar refractivity (Wildman–Crippen MR) is 69.0 cm³/mol. The number of nitrogens with zero attached hydrogens (tertiary/aromatic N) is 4. The second-order valence-electron chi connectivity index (χ2n) is 3.82. The molecule has 0 atom stereocenters. The molecule has 0 fully saturated rings. The molecule has 0 unspecified atom stereocenters. The van der Waals surface area contributed by atoms with Crippen molar-refractivity contribution >= 4 is 21.7 Å². The first kappa shape index (κ1) is 11.8. The normalized spacial score (nSPS) is 10.8. The van der Waals surface area contributed by atoms with Crippen LogP contribution in [-0.4, -0.2) is 20.5 Å². The van der Waals surface area contributed by atoms with E-state index in [2.05, 4.69) is 41.0 Å². The molecule has 0 saturated heterocycles. The smallest absolute Gasteiger partial charge is 0.284 e. The van der Waals surface area contributed by atoms with Crippen LogP contribution in [0.4, 0.5) is 5.82 Å². The lowest BCUT2D eigenvalue weighted by molar-refractivity contribution is 0.308. The van der Waals surface area contributed by atoms with Gasteiger partial charge in [-0.25, -0.2) is 4.63 Å². The van der Waals surface area contributed by atoms with Crippen molar-refractivity contribution < 1.29 is 9.15 Å². The van der Waals surface area contributed by atoms with Crippen molar-refractivity contribution in [3.63, 3.8) is 0 Å². The van der Waals surface area contributed by atoms with Gasteiger partial charge in [-0.15, -0.1) is 0 Å². The minimum absolute atomic E-state index is 0.123. The van der Waals surface area contributed by atoms with Crippen molar-refractivity contribution in [1.29, 1.82) is 0 Å². The molecule has 3 aromatic rings. The summed E-state index contributed by atoms with van der Waals surface area (Å²) < 4.78 is 10.6. The quantitative estimate of drug-likeness (QED) is 0.787. The average molecular weight is 322 g/mol. The third-order valence-electron chi connectivity index (χ3n) is 2.44. The molecule has 96 valence electrons. The van der Waals surface area contributed by atoms with Crippen LogP contribution in [0.5, 0.6) is 0 Å². The fourth-order valence-corrected chi connectivity index (χ4v) is 2.04. The summed E-state index contributed by atoms with van der Waals surface area (Å²) in [5, 5.41) is 10.9. The second kappa shape index (κ2) is 4.81. The molecular formula is C11H8BrN5O2. The van der Waals surface area contributed by atoms with Crippen LogP contribution in [0, 0.1) is 0 Å². The Labute approximate surface area is 115 Å². The minimum atomic E-state index is 0.123. The highest BCUT2D eigenvalue weighted by Crippen LogP contribution is 2.21. The van der Waals surface area contributed by atoms with Gasteiger partial charge in [-0.3, -0.25) is 0 Å². The Kier molecular flexibility index (Phi) is 3.00. The van der Waals surface area contributed by atoms with E-state index >= 15 is 0 Å². The molecule has 0 spiro atoms. The van der Waals surface area contributed by atoms with Crippen LogP contribution in [0.15, 0.2) is 37.9 Å². The number of anilines is 1. The molecule has 2 heterocycles. The fraction of sp³-hybridized carbons (Fsp3) is 0.0909. The number of benzene rings is 1. The van der Waals surface area contributed by atoms with Gasteiger partial charge in [0, 0.05) is 10.9 Å². The Morgan fingerprint density at radius 3 is 2.84 bits per heavy atom. The monoisotopic (exact) mass is 321 g/mol. The SMILES string of the molecule is Nc1nonc1-c1nc(Cc2cccc(Br)c2)no1. The molecule has 0 radical (unpaired) electrons. The summed E-state index contributed by atoms with van der Waals surface area (Å²) in [6.07, 6.45) is 0.550. The highest BCUT2D eigenvalue weighted by atomic mass is 79.9. The lowest BCUT2D eigenvalue weighted by atomic mass is 10.1. The zero-order chi connectivity index (χ0) is 13.2. The van der Waals surface area contributed by atoms with Gasteiger partial charge < -0.3 is 10.3 Å². The summed E-state index contributed by atoms with van der Waals surface area (Å²) in [6, 6.07) is 7.86. The lowest BCUT2D eigenvalue weighted by Gasteiger charge is -1.96. The molecule has 19 heavy (non-hydrogen) atoms. The Balaban J connectivity index is 1.84. The van der Waals surface area contributed by atoms with Crippen molar-refractivity contribution in [2.75, 3.05) is 5.73 Å². The molecule has 0 aliphatic heterocycles. The lowest BCUT2D eigenvalue weighted by Crippen LogP contribution is -1.92. The van der Waals surface area contributed by atoms with Crippen LogP contribution in [0.2, 0.25) is 0 Å². The van der Waals surface area contributed by atoms with E-state index in [0.717, 1.165) is 10.0 Å². The highest BCUT2D eigenvalue weighted by molar-refractivity contribution is 9.10. The molecule has 1 aromatic carbocycles. The Hall–Kier alpha value is -2.22. The van der Waals surface area contributed by atoms with E-state index in [1.165, 1.54) is 0 Å². The van der Waals surface area contributed by atoms with Crippen LogP contribution in [0.25, 0.3) is 11.6 Å². The maximum absolute atomic E-state index is 5.55. The van der Waals surface area contributed by atoms with E-state index in [4.69, 9.17) is 10.3 Å². The summed E-state index contributed by atoms with van der Waals surface area (Å²) in [6.45, 7) is 0. The zero-order valence-corrected chi connectivity index (χ0v) is 11.2. The summed E-state index contributed by atoms with van der Waals surface area (Å²) >= 11 is 3.41. The van der Waals surface area contributed by atoms with Gasteiger partial charge in [0.2, 0.25) is 11.5 Å². The van der Waals surface area contributed by atoms with E-state index in [1.54, 1.807) is 0 Å². The van der Waals surface area contributed by atoms with Gasteiger partial charge in [-0.2, -0.15) is 4.98 Å². The van der Waals surface area contributed by atoms with Gasteiger partial charge in [0.05, 0.1) is 0 Å². The number of hydrogen-bond acceptors (Lipinski definition) is 7. The molecular weight excluding hydrogens is 314 g/mol. The molecule has 0 bridgehead atoms. The van der Waals surface area contributed by atoms with Crippen LogP contribution in [0.3, 0.4) is 0 Å². The maximum atomic E-state index is 5.55. The number of halogens is 1. The number of nitrogen functional groups attached to an aromatic ring is 1. The van der Waals surface area contributed by atoms with E-state index < -0.39 is 0 Å². The van der Waals surface area contributed by atoms with Crippen LogP contribution >= 0.6 is 15.9 Å². The van der Waals surface area contributed by atoms with Crippen LogP contribution in [0.1, 0.15) is 11.4 Å². The van der Waals surface area contributed by atoms with Crippen molar-refractivity contribution in [3.8, 4) is 11.6 Å². The van der Waals surface area contributed by atoms with Gasteiger partial charge in [-0.05, 0) is 28.0 Å². The van der Waals surface area contributed by atoms with Gasteiger partial charge in [0.1, 0.15) is 0 Å². The molecule has 7 nitrogen and oxygen atoms in total. The number of aromatic nitrogens is 4.